The van der Waals surface area contributed by atoms with Gasteiger partial charge in [-0.05, 0) is 19.8 Å². The summed E-state index contributed by atoms with van der Waals surface area (Å²) in [5, 5.41) is 13.3. The van der Waals surface area contributed by atoms with E-state index in [0.29, 0.717) is 18.5 Å². The molecule has 1 aromatic rings. The van der Waals surface area contributed by atoms with Gasteiger partial charge in [0.05, 0.1) is 6.20 Å². The Balaban J connectivity index is 2.26. The van der Waals surface area contributed by atoms with Crippen LogP contribution in [-0.2, 0) is 16.1 Å². The van der Waals surface area contributed by atoms with Gasteiger partial charge >= 0.3 is 5.97 Å². The van der Waals surface area contributed by atoms with Gasteiger partial charge in [-0.1, -0.05) is 0 Å². The fourth-order valence-electron chi connectivity index (χ4n) is 1.87. The van der Waals surface area contributed by atoms with Crippen molar-refractivity contribution in [3.8, 4) is 0 Å². The van der Waals surface area contributed by atoms with Crippen molar-refractivity contribution in [3.05, 3.63) is 18.0 Å². The summed E-state index contributed by atoms with van der Waals surface area (Å²) >= 11 is 0. The second kappa shape index (κ2) is 4.57. The summed E-state index contributed by atoms with van der Waals surface area (Å²) in [6, 6.07) is -0.848. The molecule has 1 aromatic heterocycles. The molecule has 1 fully saturated rings. The molecular weight excluding hydrogens is 222 g/mol. The number of aryl methyl sites for hydroxylation is 1. The molecule has 17 heavy (non-hydrogen) atoms. The third kappa shape index (κ3) is 2.30. The van der Waals surface area contributed by atoms with Gasteiger partial charge in [-0.3, -0.25) is 9.48 Å². The zero-order valence-corrected chi connectivity index (χ0v) is 9.61. The number of hydrogen-bond acceptors (Lipinski definition) is 3. The zero-order chi connectivity index (χ0) is 12.4. The second-order valence-electron chi connectivity index (χ2n) is 4.15. The van der Waals surface area contributed by atoms with Crippen molar-refractivity contribution in [2.45, 2.75) is 38.4 Å². The van der Waals surface area contributed by atoms with E-state index in [-0.39, 0.29) is 6.04 Å². The second-order valence-corrected chi connectivity index (χ2v) is 4.15. The molecule has 1 heterocycles. The Kier molecular flexibility index (Phi) is 3.12. The lowest BCUT2D eigenvalue weighted by Crippen LogP contribution is -2.34. The maximum Gasteiger partial charge on any atom is 0.331 e. The molecule has 1 N–H and O–H groups in total. The maximum atomic E-state index is 11.3. The van der Waals surface area contributed by atoms with E-state index in [1.54, 1.807) is 10.9 Å². The minimum absolute atomic E-state index is 0.0681. The number of rotatable bonds is 6. The van der Waals surface area contributed by atoms with Crippen LogP contribution >= 0.6 is 0 Å². The number of aromatic nitrogens is 2. The van der Waals surface area contributed by atoms with Gasteiger partial charge < -0.3 is 10.0 Å². The van der Waals surface area contributed by atoms with Crippen LogP contribution in [0.25, 0.3) is 0 Å². The summed E-state index contributed by atoms with van der Waals surface area (Å²) in [5.74, 6) is -1.01. The van der Waals surface area contributed by atoms with E-state index in [1.807, 2.05) is 6.92 Å². The zero-order valence-electron chi connectivity index (χ0n) is 9.61. The van der Waals surface area contributed by atoms with E-state index >= 15 is 0 Å². The first-order valence-corrected chi connectivity index (χ1v) is 5.65. The number of aliphatic carboxylic acids is 1. The van der Waals surface area contributed by atoms with Crippen LogP contribution < -0.4 is 0 Å². The minimum atomic E-state index is -1.01. The van der Waals surface area contributed by atoms with Crippen molar-refractivity contribution in [1.29, 1.82) is 0 Å². The molecule has 1 unspecified atom stereocenters. The molecule has 1 amide bonds. The summed E-state index contributed by atoms with van der Waals surface area (Å²) in [6.45, 7) is 2.60. The molecule has 2 rings (SSSR count). The van der Waals surface area contributed by atoms with Crippen molar-refractivity contribution >= 4 is 12.4 Å². The lowest BCUT2D eigenvalue weighted by molar-refractivity contribution is -0.147. The van der Waals surface area contributed by atoms with Crippen molar-refractivity contribution in [1.82, 2.24) is 14.7 Å². The Morgan fingerprint density at radius 3 is 2.88 bits per heavy atom. The molecule has 0 saturated heterocycles. The first kappa shape index (κ1) is 11.6. The molecule has 0 spiro atoms. The quantitative estimate of drug-likeness (QED) is 0.737. The van der Waals surface area contributed by atoms with Gasteiger partial charge in [0, 0.05) is 24.3 Å². The number of carboxylic acids is 1. The minimum Gasteiger partial charge on any atom is -0.479 e. The van der Waals surface area contributed by atoms with Gasteiger partial charge in [0.1, 0.15) is 0 Å². The monoisotopic (exact) mass is 237 g/mol. The Morgan fingerprint density at radius 1 is 1.76 bits per heavy atom. The molecule has 1 saturated carbocycles. The van der Waals surface area contributed by atoms with Crippen molar-refractivity contribution < 1.29 is 14.7 Å². The Morgan fingerprint density at radius 2 is 2.47 bits per heavy atom. The van der Waals surface area contributed by atoms with Crippen LogP contribution in [0.1, 0.15) is 31.4 Å². The van der Waals surface area contributed by atoms with E-state index in [9.17, 15) is 14.7 Å². The lowest BCUT2D eigenvalue weighted by Gasteiger charge is -2.23. The molecule has 0 bridgehead atoms. The van der Waals surface area contributed by atoms with Crippen LogP contribution in [0.5, 0.6) is 0 Å². The first-order valence-electron chi connectivity index (χ1n) is 5.65. The van der Waals surface area contributed by atoms with Crippen molar-refractivity contribution in [2.24, 2.45) is 0 Å². The molecule has 92 valence electrons. The maximum absolute atomic E-state index is 11.3. The molecule has 0 aliphatic heterocycles. The highest BCUT2D eigenvalue weighted by molar-refractivity contribution is 5.78. The SMILES string of the molecule is CCn1cc(C(C(=O)O)N(C=O)C2CC2)cn1. The molecule has 0 radical (unpaired) electrons. The van der Waals surface area contributed by atoms with Crippen molar-refractivity contribution in [2.75, 3.05) is 0 Å². The topological polar surface area (TPSA) is 75.4 Å². The van der Waals surface area contributed by atoms with Gasteiger partial charge in [0.25, 0.3) is 0 Å². The fourth-order valence-corrected chi connectivity index (χ4v) is 1.87. The summed E-state index contributed by atoms with van der Waals surface area (Å²) in [6.07, 6.45) is 5.58. The van der Waals surface area contributed by atoms with Crippen LogP contribution in [0, 0.1) is 0 Å². The first-order chi connectivity index (χ1) is 8.17. The third-order valence-corrected chi connectivity index (χ3v) is 2.92. The standard InChI is InChI=1S/C11H15N3O3/c1-2-13-6-8(5-12-13)10(11(16)17)14(7-15)9-3-4-9/h5-7,9-10H,2-4H2,1H3,(H,16,17). The Bertz CT molecular complexity index is 425. The predicted octanol–water partition coefficient (Wildman–Crippen LogP) is 0.649. The molecule has 1 aliphatic rings. The van der Waals surface area contributed by atoms with Crippen LogP contribution in [0.15, 0.2) is 12.4 Å². The van der Waals surface area contributed by atoms with E-state index in [0.717, 1.165) is 12.8 Å². The molecular formula is C11H15N3O3. The summed E-state index contributed by atoms with van der Waals surface area (Å²) < 4.78 is 1.65. The van der Waals surface area contributed by atoms with Gasteiger partial charge in [-0.2, -0.15) is 5.10 Å². The van der Waals surface area contributed by atoms with Crippen LogP contribution in [0.4, 0.5) is 0 Å². The number of carbonyl (C=O) groups excluding carboxylic acids is 1. The average Bonchev–Trinajstić information content (AvgIpc) is 3.03. The summed E-state index contributed by atoms with van der Waals surface area (Å²) in [7, 11) is 0. The highest BCUT2D eigenvalue weighted by atomic mass is 16.4. The number of carbonyl (C=O) groups is 2. The highest BCUT2D eigenvalue weighted by Gasteiger charge is 2.37. The third-order valence-electron chi connectivity index (χ3n) is 2.92. The van der Waals surface area contributed by atoms with E-state index in [1.165, 1.54) is 11.1 Å². The van der Waals surface area contributed by atoms with Crippen LogP contribution in [0.3, 0.4) is 0 Å². The van der Waals surface area contributed by atoms with Gasteiger partial charge in [0.2, 0.25) is 6.41 Å². The Hall–Kier alpha value is -1.85. The Labute approximate surface area is 98.8 Å². The van der Waals surface area contributed by atoms with E-state index in [2.05, 4.69) is 5.10 Å². The number of amides is 1. The van der Waals surface area contributed by atoms with Gasteiger partial charge in [-0.15, -0.1) is 0 Å². The molecule has 6 heteroatoms. The number of nitrogens with zero attached hydrogens (tertiary/aromatic N) is 3. The number of carboxylic acid groups (broad SMARTS) is 1. The molecule has 1 atom stereocenters. The average molecular weight is 237 g/mol. The fraction of sp³-hybridized carbons (Fsp3) is 0.545. The summed E-state index contributed by atoms with van der Waals surface area (Å²) in [4.78, 5) is 23.7. The summed E-state index contributed by atoms with van der Waals surface area (Å²) in [5.41, 5.74) is 0.554. The van der Waals surface area contributed by atoms with Crippen LogP contribution in [0.2, 0.25) is 0 Å². The largest absolute Gasteiger partial charge is 0.479 e. The highest BCUT2D eigenvalue weighted by Crippen LogP contribution is 2.33. The number of hydrogen-bond donors (Lipinski definition) is 1. The predicted molar refractivity (Wildman–Crippen MR) is 59.2 cm³/mol. The normalized spacial score (nSPS) is 16.5. The lowest BCUT2D eigenvalue weighted by atomic mass is 10.1. The van der Waals surface area contributed by atoms with E-state index in [4.69, 9.17) is 0 Å². The smallest absolute Gasteiger partial charge is 0.331 e. The van der Waals surface area contributed by atoms with Gasteiger partial charge in [0.15, 0.2) is 6.04 Å². The van der Waals surface area contributed by atoms with Crippen molar-refractivity contribution in [3.63, 3.8) is 0 Å². The van der Waals surface area contributed by atoms with E-state index < -0.39 is 12.0 Å². The van der Waals surface area contributed by atoms with Gasteiger partial charge in [-0.25, -0.2) is 4.79 Å². The van der Waals surface area contributed by atoms with Crippen LogP contribution in [-0.4, -0.2) is 38.2 Å². The molecule has 6 nitrogen and oxygen atoms in total. The molecule has 0 aromatic carbocycles. The molecule has 1 aliphatic carbocycles.